The fraction of sp³-hybridized carbons (Fsp3) is 0.402. The van der Waals surface area contributed by atoms with Crippen LogP contribution in [0.15, 0.2) is 296 Å². The zero-order valence-corrected chi connectivity index (χ0v) is 85.7. The Hall–Kier alpha value is -11.2. The molecule has 7 unspecified atom stereocenters. The quantitative estimate of drug-likeness (QED) is 0.00736. The number of hydrogen-bond acceptors (Lipinski definition) is 17. The van der Waals surface area contributed by atoms with Crippen LogP contribution in [0.2, 0.25) is 10.0 Å². The number of carbonyl (C=O) groups excluding carboxylic acids is 5. The minimum atomic E-state index is -0.833. The average molecular weight is 1990 g/mol. The number of urea groups is 1. The monoisotopic (exact) mass is 1990 g/mol. The van der Waals surface area contributed by atoms with Crippen LogP contribution in [0.4, 0.5) is 16.2 Å². The molecular formula is C117H149AlBCl2LiN10O11+. The number of methoxy groups -OCH3 is 1. The molecule has 143 heavy (non-hydrogen) atoms. The molecule has 7 atom stereocenters. The predicted molar refractivity (Wildman–Crippen MR) is 580 cm³/mol. The molecule has 3 amide bonds. The van der Waals surface area contributed by atoms with Crippen molar-refractivity contribution in [3.05, 3.63) is 352 Å². The third-order valence-corrected chi connectivity index (χ3v) is 26.9. The molecule has 753 valence electrons. The van der Waals surface area contributed by atoms with Crippen LogP contribution in [0.5, 0.6) is 0 Å². The number of carbonyl (C=O) groups is 5. The molecule has 10 aromatic rings. The number of nitrogens with zero attached hydrogens (tertiary/aromatic N) is 5. The van der Waals surface area contributed by atoms with Gasteiger partial charge in [-0.15, -0.1) is 0 Å². The summed E-state index contributed by atoms with van der Waals surface area (Å²) in [5, 5.41) is 70.1. The first-order valence-corrected chi connectivity index (χ1v) is 49.8. The number of ether oxygens (including phenoxy) is 2. The van der Waals surface area contributed by atoms with Gasteiger partial charge in [0.1, 0.15) is 12.8 Å². The van der Waals surface area contributed by atoms with E-state index in [1.807, 2.05) is 146 Å². The topological polar surface area (TPSA) is 329 Å². The number of carboxylic acid groups (broad SMARTS) is 1. The standard InChI is InChI=1S/C20H23ClN2O2.C14H17NO2.C13H17NO.C13H18NO.C13H17NO.C13H19N.C10H11N.C8H7N.C7H4ClNO.C4H8O.C2H4O2.Al.B.Li.4H/c21-17-7-9-18(10-8-17)22-19(25)23-13-4-11-20(15-23,12-14-24)16-5-2-1-3-6-16;1-3-14(11-15,10-9-13(16)17-2)12-7-5-4-6-8-12;1-2-13(9-8-12(15)14-10-13)11-6-4-3-5-7-11;2*15-10-8-13(7-4-9-14-11-13)12-5-2-1-3-6-12;1-2-13(9-6-10-14-11-13)12-7-4-3-5-8-12;1-2-9(8-11)10-6-4-3-5-7-10;9-7-6-8-4-2-1-3-5-8;8-6-1-3-7(4-2-6)9-5-10;1-2-4-5-3-1;1-2(3)4;;;;;;;/h1-3,5-10,24H,4,11-15H2,(H,22,25);4-8H,3,9-10H2,1-2H3;3-7H,2,8-10H2,1H3,(H,14,15);1-6,14-15H,7-11H2;1-3,5-6,10,14H,4,7-9,11H2;3-5,7-8,14H,2,6,9-11H2,1H3;3-7,9H,2H2,1H3;1-5H,6H2;1-4H;1-4H2;1H3,(H,3,4);;;;;;;/q;;;+1;;;;;;;;;;+1;;;;-1. The van der Waals surface area contributed by atoms with Crippen LogP contribution in [-0.4, -0.2) is 175 Å². The predicted octanol–water partition coefficient (Wildman–Crippen LogP) is 18.7. The number of halogens is 2. The summed E-state index contributed by atoms with van der Waals surface area (Å²) < 4.78 is 9.57. The second-order valence-corrected chi connectivity index (χ2v) is 36.4. The van der Waals surface area contributed by atoms with E-state index >= 15 is 0 Å². The number of hydrogen-bond donors (Lipinski definition) is 8. The van der Waals surface area contributed by atoms with Gasteiger partial charge >= 0.3 is 30.9 Å². The maximum atomic E-state index is 12.7. The number of isocyanates is 1. The van der Waals surface area contributed by atoms with Crippen LogP contribution >= 0.6 is 23.2 Å². The number of esters is 1. The number of aliphatic carboxylic acids is 1. The molecule has 0 saturated carbocycles. The number of likely N-dealkylation sites (tertiary alicyclic amines) is 1. The molecule has 3 radical (unpaired) electrons. The number of aldehydes is 1. The van der Waals surface area contributed by atoms with Crippen molar-refractivity contribution < 1.29 is 73.8 Å². The SMILES string of the molecule is C1CCOC1.CC(=O)O.CCC(C#N)(CCC(=O)OC)c1ccccc1.CCC(C#N)c1ccccc1.CCC1(c2ccccc2)CCC(=O)NC1.CCC1(c2ccccc2)CCCNC1.N#CCc1ccccc1.O=C(Nc1ccc(Cl)cc1)N1CCCC(CCO)(c2ccccc2)C1.O=C=Nc1ccc(Cl)cc1.O=CCC1(c2ccccc2)CCCNC1.OCCC1(c2ccccc2)C[CH+]CNC1.[AlH3].[B].[H-].[Li+]. The van der Waals surface area contributed by atoms with E-state index in [9.17, 15) is 39.4 Å². The molecule has 6 heterocycles. The smallest absolute Gasteiger partial charge is 1.00 e. The molecule has 26 heteroatoms. The molecule has 21 nitrogen and oxygen atoms in total. The molecule has 8 N–H and O–H groups in total. The number of benzene rings is 10. The van der Waals surface area contributed by atoms with E-state index < -0.39 is 11.4 Å². The molecule has 0 aliphatic carbocycles. The number of aliphatic hydroxyl groups is 2. The van der Waals surface area contributed by atoms with Gasteiger partial charge in [-0.2, -0.15) is 20.8 Å². The Balaban J connectivity index is 0.000000546. The third-order valence-electron chi connectivity index (χ3n) is 26.4. The van der Waals surface area contributed by atoms with Crippen LogP contribution < -0.4 is 45.4 Å². The summed E-state index contributed by atoms with van der Waals surface area (Å²) >= 11 is 11.5. The molecule has 16 rings (SSSR count). The Kier molecular flexibility index (Phi) is 63.5. The Labute approximate surface area is 887 Å². The normalized spacial score (nSPS) is 19.1. The van der Waals surface area contributed by atoms with Gasteiger partial charge in [-0.3, -0.25) is 19.7 Å². The zero-order valence-electron chi connectivity index (χ0n) is 85.2. The number of rotatable bonds is 23. The fourth-order valence-corrected chi connectivity index (χ4v) is 18.3. The van der Waals surface area contributed by atoms with Crippen molar-refractivity contribution in [2.75, 3.05) is 97.8 Å². The second kappa shape index (κ2) is 72.1. The first kappa shape index (κ1) is 126. The van der Waals surface area contributed by atoms with E-state index in [4.69, 9.17) is 48.4 Å². The Bertz CT molecular complexity index is 5270. The maximum absolute atomic E-state index is 12.7. The van der Waals surface area contributed by atoms with Crippen LogP contribution in [0.25, 0.3) is 0 Å². The molecular weight excluding hydrogens is 1840 g/mol. The largest absolute Gasteiger partial charge is 1.00 e. The summed E-state index contributed by atoms with van der Waals surface area (Å²) in [6, 6.07) is 102. The van der Waals surface area contributed by atoms with Gasteiger partial charge in [-0.25, -0.2) is 9.59 Å². The number of anilines is 1. The number of aliphatic hydroxyl groups excluding tert-OH is 2. The van der Waals surface area contributed by atoms with Gasteiger partial charge in [0.25, 0.3) is 5.97 Å². The molecule has 6 saturated heterocycles. The Morgan fingerprint density at radius 1 is 0.594 bits per heavy atom. The summed E-state index contributed by atoms with van der Waals surface area (Å²) in [4.78, 5) is 69.9. The number of carboxylic acids is 1. The first-order chi connectivity index (χ1) is 68.1. The van der Waals surface area contributed by atoms with Crippen molar-refractivity contribution in [1.82, 2.24) is 26.2 Å². The van der Waals surface area contributed by atoms with E-state index in [0.717, 1.165) is 152 Å². The number of amides is 3. The van der Waals surface area contributed by atoms with Gasteiger partial charge in [0.2, 0.25) is 12.0 Å². The van der Waals surface area contributed by atoms with E-state index in [-0.39, 0.29) is 111 Å². The molecule has 0 aromatic heterocycles. The van der Waals surface area contributed by atoms with Crippen molar-refractivity contribution >= 4 is 96.6 Å². The van der Waals surface area contributed by atoms with E-state index in [1.54, 1.807) is 48.5 Å². The van der Waals surface area contributed by atoms with Gasteiger partial charge in [-0.1, -0.05) is 294 Å². The zero-order chi connectivity index (χ0) is 101. The first-order valence-electron chi connectivity index (χ1n) is 49.0. The second-order valence-electron chi connectivity index (χ2n) is 35.5. The number of nitriles is 3. The maximum Gasteiger partial charge on any atom is 1.00 e. The minimum Gasteiger partial charge on any atom is -1.00 e. The van der Waals surface area contributed by atoms with E-state index in [1.165, 1.54) is 79.7 Å². The summed E-state index contributed by atoms with van der Waals surface area (Å²) in [5.41, 5.74) is 11.1. The van der Waals surface area contributed by atoms with Crippen LogP contribution in [0.3, 0.4) is 0 Å². The van der Waals surface area contributed by atoms with E-state index in [2.05, 4.69) is 190 Å². The van der Waals surface area contributed by atoms with Gasteiger partial charge in [-0.05, 0) is 209 Å². The summed E-state index contributed by atoms with van der Waals surface area (Å²) in [7, 11) is 1.37. The van der Waals surface area contributed by atoms with Crippen molar-refractivity contribution in [2.24, 2.45) is 4.99 Å². The Morgan fingerprint density at radius 2 is 1.03 bits per heavy atom. The molecule has 6 aliphatic heterocycles. The van der Waals surface area contributed by atoms with Crippen molar-refractivity contribution in [3.63, 3.8) is 0 Å². The minimum absolute atomic E-state index is 0. The van der Waals surface area contributed by atoms with Gasteiger partial charge in [0, 0.05) is 138 Å². The molecule has 6 aliphatic rings. The van der Waals surface area contributed by atoms with Crippen LogP contribution in [0.1, 0.15) is 215 Å². The van der Waals surface area contributed by atoms with Crippen molar-refractivity contribution in [2.45, 2.75) is 208 Å². The van der Waals surface area contributed by atoms with Crippen LogP contribution in [0, 0.1) is 40.4 Å². The summed E-state index contributed by atoms with van der Waals surface area (Å²) in [5.74, 6) is -0.847. The number of piperidine rings is 5. The van der Waals surface area contributed by atoms with Crippen molar-refractivity contribution in [3.8, 4) is 18.2 Å². The number of aliphatic imine (C=N–C) groups is 1. The van der Waals surface area contributed by atoms with Crippen molar-refractivity contribution in [1.29, 1.82) is 15.8 Å². The van der Waals surface area contributed by atoms with Gasteiger partial charge in [0.05, 0.1) is 67.0 Å². The summed E-state index contributed by atoms with van der Waals surface area (Å²) in [6.07, 6.45) is 24.1. The molecule has 10 aromatic carbocycles. The summed E-state index contributed by atoms with van der Waals surface area (Å²) in [6.45, 7) is 20.4. The third kappa shape index (κ3) is 44.1. The number of nitrogens with one attached hydrogen (secondary N) is 5. The van der Waals surface area contributed by atoms with Gasteiger partial charge < -0.3 is 57.2 Å². The van der Waals surface area contributed by atoms with Crippen LogP contribution in [-0.2, 0) is 72.4 Å². The Morgan fingerprint density at radius 3 is 1.42 bits per heavy atom. The molecule has 6 fully saturated rings. The molecule has 0 bridgehead atoms. The molecule has 0 spiro atoms. The van der Waals surface area contributed by atoms with Gasteiger partial charge in [0.15, 0.2) is 17.4 Å². The van der Waals surface area contributed by atoms with E-state index in [0.29, 0.717) is 66.2 Å². The average Bonchev–Trinajstić information content (AvgIpc) is 1.30. The fourth-order valence-electron chi connectivity index (χ4n) is 18.1.